The van der Waals surface area contributed by atoms with Crippen molar-refractivity contribution in [2.75, 3.05) is 7.11 Å². The van der Waals surface area contributed by atoms with Gasteiger partial charge in [0.15, 0.2) is 11.9 Å². The van der Waals surface area contributed by atoms with Gasteiger partial charge in [-0.3, -0.25) is 4.79 Å². The summed E-state index contributed by atoms with van der Waals surface area (Å²) in [6, 6.07) is 17.3. The molecule has 0 saturated carbocycles. The molecule has 4 rings (SSSR count). The summed E-state index contributed by atoms with van der Waals surface area (Å²) in [5.74, 6) is -0.738. The summed E-state index contributed by atoms with van der Waals surface area (Å²) in [7, 11) is 1.30. The van der Waals surface area contributed by atoms with Crippen LogP contribution in [0.1, 0.15) is 46.9 Å². The standard InChI is InChI=1S/C30H27ClF3NO5/c1-4-6-26(29(37)38-3)39-22-8-5-7-19(15-22)17-35-18(2)27(28(36)20-9-11-21(31)12-10-20)24-14-13-23(16-25(24)35)40-30(32,33)34/h5,7-16,26H,4,6,17H2,1-3H3/t26-/m1/s1. The SMILES string of the molecule is CCC[C@@H](Oc1cccc(Cn2c(C)c(C(=O)c3ccc(Cl)cc3)c3ccc(OC(F)(F)F)cc32)c1)C(=O)OC. The van der Waals surface area contributed by atoms with Crippen LogP contribution in [0, 0.1) is 6.92 Å². The molecule has 0 bridgehead atoms. The molecule has 0 N–H and O–H groups in total. The molecule has 0 amide bonds. The first-order valence-electron chi connectivity index (χ1n) is 12.5. The fourth-order valence-electron chi connectivity index (χ4n) is 4.57. The number of aromatic nitrogens is 1. The Morgan fingerprint density at radius 1 is 1.00 bits per heavy atom. The number of halogens is 4. The highest BCUT2D eigenvalue weighted by molar-refractivity contribution is 6.30. The molecular weight excluding hydrogens is 547 g/mol. The van der Waals surface area contributed by atoms with Crippen LogP contribution in [0.2, 0.25) is 5.02 Å². The van der Waals surface area contributed by atoms with Crippen molar-refractivity contribution in [3.8, 4) is 11.5 Å². The van der Waals surface area contributed by atoms with E-state index in [-0.39, 0.29) is 12.3 Å². The van der Waals surface area contributed by atoms with Crippen LogP contribution in [-0.2, 0) is 16.1 Å². The maximum atomic E-state index is 13.6. The number of methoxy groups -OCH3 is 1. The zero-order chi connectivity index (χ0) is 29.0. The molecule has 0 radical (unpaired) electrons. The van der Waals surface area contributed by atoms with E-state index in [1.165, 1.54) is 25.3 Å². The van der Waals surface area contributed by atoms with E-state index in [0.717, 1.165) is 5.56 Å². The van der Waals surface area contributed by atoms with Gasteiger partial charge in [-0.25, -0.2) is 4.79 Å². The van der Waals surface area contributed by atoms with E-state index in [0.29, 0.717) is 51.3 Å². The van der Waals surface area contributed by atoms with Gasteiger partial charge in [0.25, 0.3) is 0 Å². The predicted octanol–water partition coefficient (Wildman–Crippen LogP) is 7.50. The first-order chi connectivity index (χ1) is 19.0. The summed E-state index contributed by atoms with van der Waals surface area (Å²) in [5, 5.41) is 0.952. The number of esters is 1. The highest BCUT2D eigenvalue weighted by atomic mass is 35.5. The lowest BCUT2D eigenvalue weighted by Gasteiger charge is -2.17. The molecule has 6 nitrogen and oxygen atoms in total. The summed E-state index contributed by atoms with van der Waals surface area (Å²) in [6.45, 7) is 3.87. The number of rotatable bonds is 10. The van der Waals surface area contributed by atoms with E-state index in [9.17, 15) is 22.8 Å². The zero-order valence-electron chi connectivity index (χ0n) is 22.0. The number of benzene rings is 3. The van der Waals surface area contributed by atoms with Crippen molar-refractivity contribution in [3.05, 3.63) is 94.1 Å². The lowest BCUT2D eigenvalue weighted by molar-refractivity contribution is -0.274. The first kappa shape index (κ1) is 29.0. The summed E-state index contributed by atoms with van der Waals surface area (Å²) in [6.07, 6.45) is -4.47. The molecule has 4 aromatic rings. The molecule has 10 heteroatoms. The Morgan fingerprint density at radius 3 is 2.38 bits per heavy atom. The van der Waals surface area contributed by atoms with Gasteiger partial charge in [0.2, 0.25) is 0 Å². The van der Waals surface area contributed by atoms with E-state index < -0.39 is 24.2 Å². The number of carbonyl (C=O) groups is 2. The molecule has 0 saturated heterocycles. The van der Waals surface area contributed by atoms with E-state index in [1.807, 2.05) is 13.0 Å². The van der Waals surface area contributed by atoms with Crippen molar-refractivity contribution in [2.24, 2.45) is 0 Å². The molecule has 0 unspecified atom stereocenters. The summed E-state index contributed by atoms with van der Waals surface area (Å²) in [5.41, 5.74) is 2.44. The lowest BCUT2D eigenvalue weighted by Crippen LogP contribution is -2.28. The Labute approximate surface area is 234 Å². The van der Waals surface area contributed by atoms with E-state index in [4.69, 9.17) is 21.1 Å². The van der Waals surface area contributed by atoms with Gasteiger partial charge >= 0.3 is 12.3 Å². The molecular formula is C30H27ClF3NO5. The maximum Gasteiger partial charge on any atom is 0.573 e. The maximum absolute atomic E-state index is 13.6. The fourth-order valence-corrected chi connectivity index (χ4v) is 4.70. The molecule has 0 aliphatic rings. The quantitative estimate of drug-likeness (QED) is 0.145. The Bertz CT molecular complexity index is 1530. The summed E-state index contributed by atoms with van der Waals surface area (Å²) < 4.78 is 55.7. The van der Waals surface area contributed by atoms with Crippen LogP contribution in [0.5, 0.6) is 11.5 Å². The van der Waals surface area contributed by atoms with Gasteiger partial charge in [-0.15, -0.1) is 13.2 Å². The molecule has 40 heavy (non-hydrogen) atoms. The Morgan fingerprint density at radius 2 is 1.73 bits per heavy atom. The van der Waals surface area contributed by atoms with Gasteiger partial charge in [-0.05, 0) is 67.4 Å². The van der Waals surface area contributed by atoms with Crippen LogP contribution in [0.3, 0.4) is 0 Å². The topological polar surface area (TPSA) is 66.8 Å². The minimum Gasteiger partial charge on any atom is -0.479 e. The normalized spacial score (nSPS) is 12.3. The predicted molar refractivity (Wildman–Crippen MR) is 145 cm³/mol. The number of fused-ring (bicyclic) bond motifs is 1. The van der Waals surface area contributed by atoms with Crippen molar-refractivity contribution in [1.82, 2.24) is 4.57 Å². The smallest absolute Gasteiger partial charge is 0.479 e. The molecule has 0 aliphatic carbocycles. The third kappa shape index (κ3) is 6.59. The van der Waals surface area contributed by atoms with Crippen LogP contribution < -0.4 is 9.47 Å². The molecule has 1 aromatic heterocycles. The second-order valence-corrected chi connectivity index (χ2v) is 9.61. The molecule has 210 valence electrons. The number of carbonyl (C=O) groups excluding carboxylic acids is 2. The van der Waals surface area contributed by atoms with Gasteiger partial charge in [-0.2, -0.15) is 0 Å². The van der Waals surface area contributed by atoms with Gasteiger partial charge in [-0.1, -0.05) is 37.1 Å². The van der Waals surface area contributed by atoms with Crippen LogP contribution in [0.15, 0.2) is 66.7 Å². The average Bonchev–Trinajstić information content (AvgIpc) is 3.17. The van der Waals surface area contributed by atoms with Crippen LogP contribution >= 0.6 is 11.6 Å². The summed E-state index contributed by atoms with van der Waals surface area (Å²) >= 11 is 5.98. The minimum atomic E-state index is -4.87. The number of nitrogens with zero attached hydrogens (tertiary/aromatic N) is 1. The Hall–Kier alpha value is -3.98. The second-order valence-electron chi connectivity index (χ2n) is 9.18. The zero-order valence-corrected chi connectivity index (χ0v) is 22.8. The van der Waals surface area contributed by atoms with Crippen LogP contribution in [0.4, 0.5) is 13.2 Å². The number of ketones is 1. The number of ether oxygens (including phenoxy) is 3. The average molecular weight is 574 g/mol. The highest BCUT2D eigenvalue weighted by Crippen LogP contribution is 2.34. The van der Waals surface area contributed by atoms with Gasteiger partial charge in [0.05, 0.1) is 18.2 Å². The minimum absolute atomic E-state index is 0.208. The monoisotopic (exact) mass is 573 g/mol. The number of hydrogen-bond donors (Lipinski definition) is 0. The van der Waals surface area contributed by atoms with Gasteiger partial charge in [0, 0.05) is 34.3 Å². The van der Waals surface area contributed by atoms with E-state index in [2.05, 4.69) is 4.74 Å². The van der Waals surface area contributed by atoms with Crippen molar-refractivity contribution < 1.29 is 37.0 Å². The lowest BCUT2D eigenvalue weighted by atomic mass is 10.0. The summed E-state index contributed by atoms with van der Waals surface area (Å²) in [4.78, 5) is 25.7. The van der Waals surface area contributed by atoms with Crippen LogP contribution in [-0.4, -0.2) is 35.9 Å². The van der Waals surface area contributed by atoms with E-state index in [1.54, 1.807) is 54.0 Å². The van der Waals surface area contributed by atoms with Crippen LogP contribution in [0.25, 0.3) is 10.9 Å². The molecule has 0 spiro atoms. The molecule has 0 fully saturated rings. The van der Waals surface area contributed by atoms with E-state index >= 15 is 0 Å². The van der Waals surface area contributed by atoms with Crippen molar-refractivity contribution in [2.45, 2.75) is 45.7 Å². The number of alkyl halides is 3. The van der Waals surface area contributed by atoms with Crippen molar-refractivity contribution >= 4 is 34.3 Å². The molecule has 0 aliphatic heterocycles. The van der Waals surface area contributed by atoms with Gasteiger partial charge < -0.3 is 18.8 Å². The highest BCUT2D eigenvalue weighted by Gasteiger charge is 2.32. The first-order valence-corrected chi connectivity index (χ1v) is 12.9. The number of hydrogen-bond acceptors (Lipinski definition) is 5. The molecule has 3 aromatic carbocycles. The van der Waals surface area contributed by atoms with Crippen molar-refractivity contribution in [1.29, 1.82) is 0 Å². The van der Waals surface area contributed by atoms with Crippen molar-refractivity contribution in [3.63, 3.8) is 0 Å². The third-order valence-corrected chi connectivity index (χ3v) is 6.65. The largest absolute Gasteiger partial charge is 0.573 e. The molecule has 1 heterocycles. The Kier molecular flexibility index (Phi) is 8.73. The van der Waals surface area contributed by atoms with Gasteiger partial charge in [0.1, 0.15) is 11.5 Å². The third-order valence-electron chi connectivity index (χ3n) is 6.40. The fraction of sp³-hybridized carbons (Fsp3) is 0.267. The Balaban J connectivity index is 1.77. The molecule has 1 atom stereocenters. The second kappa shape index (κ2) is 12.0.